The predicted molar refractivity (Wildman–Crippen MR) is 72.8 cm³/mol. The molecular formula is C14H17N3O3. The number of hydrogen-bond donors (Lipinski definition) is 1. The summed E-state index contributed by atoms with van der Waals surface area (Å²) < 4.78 is 11.2. The molecule has 1 saturated heterocycles. The number of carbonyl (C=O) groups excluding carboxylic acids is 1. The molecule has 0 radical (unpaired) electrons. The third-order valence-corrected chi connectivity index (χ3v) is 3.57. The van der Waals surface area contributed by atoms with E-state index >= 15 is 0 Å². The molecule has 2 aromatic rings. The fourth-order valence-corrected chi connectivity index (χ4v) is 2.63. The van der Waals surface area contributed by atoms with Crippen LogP contribution in [0.1, 0.15) is 12.8 Å². The summed E-state index contributed by atoms with van der Waals surface area (Å²) in [5, 5.41) is 0. The van der Waals surface area contributed by atoms with E-state index in [1.54, 1.807) is 0 Å². The fourth-order valence-electron chi connectivity index (χ4n) is 2.63. The highest BCUT2D eigenvalue weighted by Crippen LogP contribution is 2.20. The molecule has 0 spiro atoms. The van der Waals surface area contributed by atoms with Gasteiger partial charge in [0.2, 0.25) is 11.8 Å². The summed E-state index contributed by atoms with van der Waals surface area (Å²) in [6.45, 7) is 3.52. The Morgan fingerprint density at radius 2 is 2.30 bits per heavy atom. The zero-order chi connectivity index (χ0) is 14.1. The molecule has 6 nitrogen and oxygen atoms in total. The van der Waals surface area contributed by atoms with Crippen molar-refractivity contribution in [1.29, 1.82) is 0 Å². The predicted octanol–water partition coefficient (Wildman–Crippen LogP) is 0.902. The van der Waals surface area contributed by atoms with Gasteiger partial charge in [0.15, 0.2) is 5.58 Å². The number of nitrogens with two attached hydrogens (primary N) is 1. The Bertz CT molecular complexity index is 592. The molecule has 106 valence electrons. The molecule has 1 aromatic heterocycles. The van der Waals surface area contributed by atoms with Gasteiger partial charge >= 0.3 is 0 Å². The Labute approximate surface area is 116 Å². The van der Waals surface area contributed by atoms with Crippen LogP contribution in [0.3, 0.4) is 0 Å². The van der Waals surface area contributed by atoms with Gasteiger partial charge in [-0.1, -0.05) is 12.1 Å². The third-order valence-electron chi connectivity index (χ3n) is 3.57. The summed E-state index contributed by atoms with van der Waals surface area (Å²) in [6.07, 6.45) is -0.217. The number of amides is 1. The normalized spacial score (nSPS) is 24.1. The minimum absolute atomic E-state index is 0.217. The van der Waals surface area contributed by atoms with Gasteiger partial charge in [-0.3, -0.25) is 9.69 Å². The molecular weight excluding hydrogens is 258 g/mol. The largest absolute Gasteiger partial charge is 0.439 e. The molecule has 0 bridgehead atoms. The highest BCUT2D eigenvalue weighted by molar-refractivity contribution is 5.80. The van der Waals surface area contributed by atoms with Gasteiger partial charge in [0.05, 0.1) is 19.3 Å². The number of rotatable bonds is 3. The molecule has 2 heterocycles. The quantitative estimate of drug-likeness (QED) is 0.900. The van der Waals surface area contributed by atoms with E-state index in [2.05, 4.69) is 4.98 Å². The van der Waals surface area contributed by atoms with Crippen LogP contribution < -0.4 is 5.73 Å². The molecule has 20 heavy (non-hydrogen) atoms. The van der Waals surface area contributed by atoms with Crippen molar-refractivity contribution < 1.29 is 13.9 Å². The van der Waals surface area contributed by atoms with Gasteiger partial charge < -0.3 is 14.9 Å². The Kier molecular flexibility index (Phi) is 3.42. The second-order valence-corrected chi connectivity index (χ2v) is 4.97. The average Bonchev–Trinajstić information content (AvgIpc) is 2.80. The van der Waals surface area contributed by atoms with Gasteiger partial charge in [0, 0.05) is 6.54 Å². The summed E-state index contributed by atoms with van der Waals surface area (Å²) in [6, 6.07) is 7.14. The third kappa shape index (κ3) is 2.39. The second kappa shape index (κ2) is 5.22. The van der Waals surface area contributed by atoms with Crippen molar-refractivity contribution in [2.24, 2.45) is 5.73 Å². The molecule has 0 unspecified atom stereocenters. The SMILES string of the molecule is C[C@H]1OCCN(Cc2nc3ccccc3o2)[C@@H]1C(N)=O. The van der Waals surface area contributed by atoms with E-state index in [0.717, 1.165) is 11.1 Å². The van der Waals surface area contributed by atoms with Gasteiger partial charge in [-0.05, 0) is 19.1 Å². The van der Waals surface area contributed by atoms with Gasteiger partial charge in [-0.25, -0.2) is 4.98 Å². The van der Waals surface area contributed by atoms with Crippen LogP contribution in [0.2, 0.25) is 0 Å². The minimum Gasteiger partial charge on any atom is -0.439 e. The first-order chi connectivity index (χ1) is 9.65. The molecule has 0 aliphatic carbocycles. The highest BCUT2D eigenvalue weighted by atomic mass is 16.5. The standard InChI is InChI=1S/C14H17N3O3/c1-9-13(14(15)18)17(6-7-19-9)8-12-16-10-4-2-3-5-11(10)20-12/h2-5,9,13H,6-8H2,1H3,(H2,15,18)/t9-,13+/m1/s1. The van der Waals surface area contributed by atoms with Crippen molar-refractivity contribution in [3.63, 3.8) is 0 Å². The van der Waals surface area contributed by atoms with Gasteiger partial charge in [0.25, 0.3) is 0 Å². The first kappa shape index (κ1) is 13.1. The summed E-state index contributed by atoms with van der Waals surface area (Å²) in [7, 11) is 0. The summed E-state index contributed by atoms with van der Waals surface area (Å²) in [5.41, 5.74) is 7.03. The van der Waals surface area contributed by atoms with E-state index in [1.165, 1.54) is 0 Å². The summed E-state index contributed by atoms with van der Waals surface area (Å²) in [4.78, 5) is 18.0. The maximum absolute atomic E-state index is 11.6. The van der Waals surface area contributed by atoms with Crippen molar-refractivity contribution in [3.05, 3.63) is 30.2 Å². The number of para-hydroxylation sites is 2. The molecule has 2 N–H and O–H groups in total. The van der Waals surface area contributed by atoms with Crippen LogP contribution in [0.25, 0.3) is 11.1 Å². The maximum atomic E-state index is 11.6. The van der Waals surface area contributed by atoms with Crippen LogP contribution >= 0.6 is 0 Å². The first-order valence-electron chi connectivity index (χ1n) is 6.64. The zero-order valence-corrected chi connectivity index (χ0v) is 11.3. The van der Waals surface area contributed by atoms with Crippen LogP contribution in [-0.4, -0.2) is 41.1 Å². The molecule has 1 aromatic carbocycles. The number of nitrogens with zero attached hydrogens (tertiary/aromatic N) is 2. The number of benzene rings is 1. The molecule has 1 amide bonds. The van der Waals surface area contributed by atoms with E-state index in [1.807, 2.05) is 36.1 Å². The van der Waals surface area contributed by atoms with Crippen molar-refractivity contribution in [3.8, 4) is 0 Å². The number of oxazole rings is 1. The number of ether oxygens (including phenoxy) is 1. The minimum atomic E-state index is -0.446. The molecule has 1 fully saturated rings. The number of hydrogen-bond acceptors (Lipinski definition) is 5. The lowest BCUT2D eigenvalue weighted by Gasteiger charge is -2.37. The van der Waals surface area contributed by atoms with E-state index in [4.69, 9.17) is 14.9 Å². The zero-order valence-electron chi connectivity index (χ0n) is 11.3. The maximum Gasteiger partial charge on any atom is 0.237 e. The number of aromatic nitrogens is 1. The van der Waals surface area contributed by atoms with Crippen LogP contribution in [0.4, 0.5) is 0 Å². The Balaban J connectivity index is 1.83. The molecule has 0 saturated carbocycles. The van der Waals surface area contributed by atoms with Crippen LogP contribution in [0.5, 0.6) is 0 Å². The number of fused-ring (bicyclic) bond motifs is 1. The van der Waals surface area contributed by atoms with Gasteiger partial charge in [0.1, 0.15) is 11.6 Å². The topological polar surface area (TPSA) is 81.6 Å². The van der Waals surface area contributed by atoms with E-state index < -0.39 is 6.04 Å². The van der Waals surface area contributed by atoms with E-state index in [-0.39, 0.29) is 12.0 Å². The second-order valence-electron chi connectivity index (χ2n) is 4.97. The molecule has 1 aliphatic rings. The lowest BCUT2D eigenvalue weighted by molar-refractivity contribution is -0.136. The van der Waals surface area contributed by atoms with Gasteiger partial charge in [-0.15, -0.1) is 0 Å². The van der Waals surface area contributed by atoms with Crippen LogP contribution in [0, 0.1) is 0 Å². The highest BCUT2D eigenvalue weighted by Gasteiger charge is 2.34. The molecule has 1 aliphatic heterocycles. The van der Waals surface area contributed by atoms with Crippen molar-refractivity contribution in [2.45, 2.75) is 25.6 Å². The van der Waals surface area contributed by atoms with Crippen molar-refractivity contribution in [2.75, 3.05) is 13.2 Å². The molecule has 2 atom stereocenters. The van der Waals surface area contributed by atoms with Crippen LogP contribution in [-0.2, 0) is 16.1 Å². The summed E-state index contributed by atoms with van der Waals surface area (Å²) in [5.74, 6) is 0.208. The monoisotopic (exact) mass is 275 g/mol. The molecule has 6 heteroatoms. The lowest BCUT2D eigenvalue weighted by Crippen LogP contribution is -2.56. The fraction of sp³-hybridized carbons (Fsp3) is 0.429. The van der Waals surface area contributed by atoms with Crippen LogP contribution in [0.15, 0.2) is 28.7 Å². The Morgan fingerprint density at radius 1 is 1.50 bits per heavy atom. The van der Waals surface area contributed by atoms with E-state index in [9.17, 15) is 4.79 Å². The first-order valence-corrected chi connectivity index (χ1v) is 6.64. The number of morpholine rings is 1. The molecule has 3 rings (SSSR count). The lowest BCUT2D eigenvalue weighted by atomic mass is 10.1. The summed E-state index contributed by atoms with van der Waals surface area (Å²) >= 11 is 0. The Morgan fingerprint density at radius 3 is 3.05 bits per heavy atom. The van der Waals surface area contributed by atoms with E-state index in [0.29, 0.717) is 25.6 Å². The van der Waals surface area contributed by atoms with Crippen molar-refractivity contribution >= 4 is 17.0 Å². The number of primary amides is 1. The smallest absolute Gasteiger partial charge is 0.237 e. The average molecular weight is 275 g/mol. The number of carbonyl (C=O) groups is 1. The van der Waals surface area contributed by atoms with Crippen molar-refractivity contribution in [1.82, 2.24) is 9.88 Å². The van der Waals surface area contributed by atoms with Gasteiger partial charge in [-0.2, -0.15) is 0 Å². The Hall–Kier alpha value is -1.92.